The summed E-state index contributed by atoms with van der Waals surface area (Å²) >= 11 is 0. The molecule has 0 N–H and O–H groups in total. The van der Waals surface area contributed by atoms with Crippen molar-refractivity contribution in [3.8, 4) is 5.69 Å². The average molecular weight is 195 g/mol. The molecule has 0 atom stereocenters. The molecule has 0 saturated carbocycles. The maximum atomic E-state index is 4.39. The molecule has 15 heavy (non-hydrogen) atoms. The number of pyridine rings is 1. The molecule has 0 amide bonds. The zero-order valence-electron chi connectivity index (χ0n) is 8.04. The summed E-state index contributed by atoms with van der Waals surface area (Å²) in [6, 6.07) is 13.9. The van der Waals surface area contributed by atoms with E-state index >= 15 is 0 Å². The first-order valence-electron chi connectivity index (χ1n) is 4.79. The molecule has 0 fully saturated rings. The lowest BCUT2D eigenvalue weighted by atomic mass is 10.3. The molecular weight excluding hydrogens is 186 g/mol. The Hall–Kier alpha value is -2.16. The van der Waals surface area contributed by atoms with Gasteiger partial charge in [0.25, 0.3) is 0 Å². The molecule has 2 aromatic heterocycles. The second-order valence-corrected chi connectivity index (χ2v) is 3.33. The van der Waals surface area contributed by atoms with Crippen LogP contribution in [0.15, 0.2) is 54.9 Å². The van der Waals surface area contributed by atoms with Crippen LogP contribution in [-0.4, -0.2) is 14.8 Å². The number of nitrogens with zero attached hydrogens (tertiary/aromatic N) is 3. The van der Waals surface area contributed by atoms with Gasteiger partial charge in [0.2, 0.25) is 0 Å². The van der Waals surface area contributed by atoms with E-state index in [1.54, 1.807) is 6.20 Å². The Balaban J connectivity index is 2.21. The van der Waals surface area contributed by atoms with Gasteiger partial charge < -0.3 is 0 Å². The molecular formula is C12H9N3. The fourth-order valence-electron chi connectivity index (χ4n) is 1.57. The summed E-state index contributed by atoms with van der Waals surface area (Å²) in [7, 11) is 0. The van der Waals surface area contributed by atoms with Gasteiger partial charge in [-0.1, -0.05) is 18.2 Å². The SMILES string of the molecule is c1ccc(-n2cc3cccnc3n2)cc1. The largest absolute Gasteiger partial charge is 0.238 e. The van der Waals surface area contributed by atoms with Crippen molar-refractivity contribution < 1.29 is 0 Å². The van der Waals surface area contributed by atoms with Crippen molar-refractivity contribution in [2.75, 3.05) is 0 Å². The smallest absolute Gasteiger partial charge is 0.181 e. The maximum absolute atomic E-state index is 4.39. The molecule has 2 heterocycles. The predicted octanol–water partition coefficient (Wildman–Crippen LogP) is 2.42. The molecule has 0 spiro atoms. The molecule has 1 aromatic carbocycles. The minimum Gasteiger partial charge on any atom is -0.238 e. The fraction of sp³-hybridized carbons (Fsp3) is 0. The van der Waals surface area contributed by atoms with Crippen LogP contribution in [0, 0.1) is 0 Å². The van der Waals surface area contributed by atoms with Crippen molar-refractivity contribution in [3.63, 3.8) is 0 Å². The van der Waals surface area contributed by atoms with Crippen molar-refractivity contribution >= 4 is 11.0 Å². The van der Waals surface area contributed by atoms with E-state index in [4.69, 9.17) is 0 Å². The molecule has 72 valence electrons. The highest BCUT2D eigenvalue weighted by Gasteiger charge is 2.01. The van der Waals surface area contributed by atoms with Gasteiger partial charge in [-0.25, -0.2) is 9.67 Å². The third-order valence-corrected chi connectivity index (χ3v) is 2.30. The van der Waals surface area contributed by atoms with Crippen LogP contribution in [0.25, 0.3) is 16.7 Å². The van der Waals surface area contributed by atoms with Gasteiger partial charge >= 0.3 is 0 Å². The highest BCUT2D eigenvalue weighted by molar-refractivity contribution is 5.74. The van der Waals surface area contributed by atoms with E-state index in [0.29, 0.717) is 0 Å². The van der Waals surface area contributed by atoms with Crippen molar-refractivity contribution in [2.45, 2.75) is 0 Å². The Morgan fingerprint density at radius 2 is 1.80 bits per heavy atom. The van der Waals surface area contributed by atoms with Crippen molar-refractivity contribution in [1.82, 2.24) is 14.8 Å². The summed E-state index contributed by atoms with van der Waals surface area (Å²) in [5.74, 6) is 0. The predicted molar refractivity (Wildman–Crippen MR) is 58.9 cm³/mol. The second kappa shape index (κ2) is 3.20. The molecule has 3 rings (SSSR count). The minimum atomic E-state index is 0.779. The van der Waals surface area contributed by atoms with Gasteiger partial charge in [0.05, 0.1) is 5.69 Å². The molecule has 0 aliphatic rings. The quantitative estimate of drug-likeness (QED) is 0.597. The van der Waals surface area contributed by atoms with Crippen molar-refractivity contribution in [3.05, 3.63) is 54.9 Å². The first-order chi connectivity index (χ1) is 7.43. The monoisotopic (exact) mass is 195 g/mol. The van der Waals surface area contributed by atoms with Crippen LogP contribution in [0.5, 0.6) is 0 Å². The van der Waals surface area contributed by atoms with E-state index < -0.39 is 0 Å². The van der Waals surface area contributed by atoms with Gasteiger partial charge in [0.15, 0.2) is 5.65 Å². The van der Waals surface area contributed by atoms with Crippen LogP contribution < -0.4 is 0 Å². The van der Waals surface area contributed by atoms with Crippen LogP contribution in [0.1, 0.15) is 0 Å². The van der Waals surface area contributed by atoms with E-state index in [-0.39, 0.29) is 0 Å². The van der Waals surface area contributed by atoms with Gasteiger partial charge in [-0.2, -0.15) is 0 Å². The first-order valence-corrected chi connectivity index (χ1v) is 4.79. The molecule has 0 bridgehead atoms. The Bertz CT molecular complexity index is 551. The maximum Gasteiger partial charge on any atom is 0.181 e. The standard InChI is InChI=1S/C12H9N3/c1-2-6-11(7-3-1)15-9-10-5-4-8-13-12(10)14-15/h1-9H. The Kier molecular flexibility index (Phi) is 1.75. The van der Waals surface area contributed by atoms with Crippen LogP contribution in [0.3, 0.4) is 0 Å². The van der Waals surface area contributed by atoms with Gasteiger partial charge in [-0.15, -0.1) is 5.10 Å². The van der Waals surface area contributed by atoms with Crippen LogP contribution in [-0.2, 0) is 0 Å². The molecule has 0 aliphatic carbocycles. The number of hydrogen-bond donors (Lipinski definition) is 0. The van der Waals surface area contributed by atoms with Crippen molar-refractivity contribution in [1.29, 1.82) is 0 Å². The Morgan fingerprint density at radius 3 is 2.60 bits per heavy atom. The summed E-state index contributed by atoms with van der Waals surface area (Å²) in [5, 5.41) is 5.45. The van der Waals surface area contributed by atoms with Crippen LogP contribution >= 0.6 is 0 Å². The fourth-order valence-corrected chi connectivity index (χ4v) is 1.57. The number of hydrogen-bond acceptors (Lipinski definition) is 2. The molecule has 3 heteroatoms. The van der Waals surface area contributed by atoms with E-state index in [2.05, 4.69) is 10.1 Å². The van der Waals surface area contributed by atoms with E-state index in [0.717, 1.165) is 16.7 Å². The van der Waals surface area contributed by atoms with E-state index in [9.17, 15) is 0 Å². The molecule has 3 nitrogen and oxygen atoms in total. The molecule has 3 aromatic rings. The summed E-state index contributed by atoms with van der Waals surface area (Å²) in [6.07, 6.45) is 3.74. The average Bonchev–Trinajstić information content (AvgIpc) is 2.74. The summed E-state index contributed by atoms with van der Waals surface area (Å²) in [5.41, 5.74) is 1.83. The molecule has 0 radical (unpaired) electrons. The lowest BCUT2D eigenvalue weighted by Gasteiger charge is -1.97. The Labute approximate surface area is 87.0 Å². The number of rotatable bonds is 1. The topological polar surface area (TPSA) is 30.7 Å². The number of para-hydroxylation sites is 1. The lowest BCUT2D eigenvalue weighted by Crippen LogP contribution is -1.92. The van der Waals surface area contributed by atoms with Crippen LogP contribution in [0.4, 0.5) is 0 Å². The molecule has 0 saturated heterocycles. The highest BCUT2D eigenvalue weighted by atomic mass is 15.3. The Morgan fingerprint density at radius 1 is 0.933 bits per heavy atom. The van der Waals surface area contributed by atoms with Crippen molar-refractivity contribution in [2.24, 2.45) is 0 Å². The zero-order valence-corrected chi connectivity index (χ0v) is 8.04. The summed E-state index contributed by atoms with van der Waals surface area (Å²) in [6.45, 7) is 0. The van der Waals surface area contributed by atoms with E-state index in [1.807, 2.05) is 53.3 Å². The van der Waals surface area contributed by atoms with Gasteiger partial charge in [-0.05, 0) is 24.3 Å². The van der Waals surface area contributed by atoms with Gasteiger partial charge in [0.1, 0.15) is 0 Å². The highest BCUT2D eigenvalue weighted by Crippen LogP contribution is 2.12. The van der Waals surface area contributed by atoms with Gasteiger partial charge in [-0.3, -0.25) is 0 Å². The van der Waals surface area contributed by atoms with E-state index in [1.165, 1.54) is 0 Å². The number of benzene rings is 1. The van der Waals surface area contributed by atoms with Gasteiger partial charge in [0, 0.05) is 17.8 Å². The normalized spacial score (nSPS) is 10.7. The molecule has 0 unspecified atom stereocenters. The molecule has 0 aliphatic heterocycles. The summed E-state index contributed by atoms with van der Waals surface area (Å²) in [4.78, 5) is 4.20. The lowest BCUT2D eigenvalue weighted by molar-refractivity contribution is 0.890. The number of fused-ring (bicyclic) bond motifs is 1. The number of aromatic nitrogens is 3. The van der Waals surface area contributed by atoms with Crippen LogP contribution in [0.2, 0.25) is 0 Å². The third-order valence-electron chi connectivity index (χ3n) is 2.30. The first kappa shape index (κ1) is 8.17. The third kappa shape index (κ3) is 1.38. The summed E-state index contributed by atoms with van der Waals surface area (Å²) < 4.78 is 1.84. The zero-order chi connectivity index (χ0) is 10.1. The minimum absolute atomic E-state index is 0.779. The second-order valence-electron chi connectivity index (χ2n) is 3.33.